The highest BCUT2D eigenvalue weighted by atomic mass is 35.5. The molecule has 1 heterocycles. The number of benzene rings is 1. The summed E-state index contributed by atoms with van der Waals surface area (Å²) in [6.45, 7) is 0. The van der Waals surface area contributed by atoms with E-state index < -0.39 is 0 Å². The lowest BCUT2D eigenvalue weighted by atomic mass is 10.0. The van der Waals surface area contributed by atoms with Gasteiger partial charge in [-0.2, -0.15) is 0 Å². The molecule has 0 saturated carbocycles. The van der Waals surface area contributed by atoms with Crippen molar-refractivity contribution in [2.24, 2.45) is 5.84 Å². The molecule has 6 heteroatoms. The van der Waals surface area contributed by atoms with Crippen molar-refractivity contribution >= 4 is 23.2 Å². The van der Waals surface area contributed by atoms with E-state index in [1.807, 2.05) is 6.07 Å². The van der Waals surface area contributed by atoms with E-state index in [-0.39, 0.29) is 6.04 Å². The maximum atomic E-state index is 6.13. The third-order valence-corrected chi connectivity index (χ3v) is 3.17. The van der Waals surface area contributed by atoms with Gasteiger partial charge in [0.25, 0.3) is 0 Å². The van der Waals surface area contributed by atoms with Gasteiger partial charge in [-0.25, -0.2) is 0 Å². The number of rotatable bonds is 4. The Morgan fingerprint density at radius 3 is 2.72 bits per heavy atom. The van der Waals surface area contributed by atoms with E-state index >= 15 is 0 Å². The van der Waals surface area contributed by atoms with Crippen molar-refractivity contribution < 1.29 is 0 Å². The van der Waals surface area contributed by atoms with Crippen LogP contribution in [0.1, 0.15) is 17.3 Å². The zero-order chi connectivity index (χ0) is 13.0. The molecule has 4 nitrogen and oxygen atoms in total. The lowest BCUT2D eigenvalue weighted by Gasteiger charge is -2.15. The highest BCUT2D eigenvalue weighted by Gasteiger charge is 2.14. The first-order valence-corrected chi connectivity index (χ1v) is 6.12. The van der Waals surface area contributed by atoms with Crippen molar-refractivity contribution in [1.29, 1.82) is 0 Å². The minimum absolute atomic E-state index is 0.141. The summed E-state index contributed by atoms with van der Waals surface area (Å²) in [5.74, 6) is 5.55. The van der Waals surface area contributed by atoms with Crippen molar-refractivity contribution in [2.75, 3.05) is 0 Å². The predicted molar refractivity (Wildman–Crippen MR) is 72.3 cm³/mol. The van der Waals surface area contributed by atoms with Gasteiger partial charge in [-0.1, -0.05) is 29.3 Å². The zero-order valence-corrected chi connectivity index (χ0v) is 11.0. The van der Waals surface area contributed by atoms with Gasteiger partial charge in [0.05, 0.1) is 17.9 Å². The minimum Gasteiger partial charge on any atom is -0.271 e. The first kappa shape index (κ1) is 13.2. The first-order valence-electron chi connectivity index (χ1n) is 5.36. The molecule has 0 aliphatic heterocycles. The Hall–Kier alpha value is -1.20. The van der Waals surface area contributed by atoms with Gasteiger partial charge in [0.1, 0.15) is 0 Å². The van der Waals surface area contributed by atoms with E-state index in [1.54, 1.807) is 30.7 Å². The second kappa shape index (κ2) is 6.11. The molecule has 0 aliphatic carbocycles. The molecule has 1 aromatic heterocycles. The molecule has 2 rings (SSSR count). The minimum atomic E-state index is -0.141. The fourth-order valence-electron chi connectivity index (χ4n) is 1.65. The van der Waals surface area contributed by atoms with Crippen LogP contribution in [0.15, 0.2) is 36.8 Å². The molecule has 18 heavy (non-hydrogen) atoms. The Kier molecular flexibility index (Phi) is 4.49. The molecule has 0 fully saturated rings. The Bertz CT molecular complexity index is 519. The topological polar surface area (TPSA) is 63.8 Å². The van der Waals surface area contributed by atoms with Gasteiger partial charge in [-0.05, 0) is 24.1 Å². The maximum absolute atomic E-state index is 6.13. The molecular formula is C12H12Cl2N4. The van der Waals surface area contributed by atoms with E-state index in [4.69, 9.17) is 29.0 Å². The van der Waals surface area contributed by atoms with Gasteiger partial charge >= 0.3 is 0 Å². The molecule has 3 N–H and O–H groups in total. The number of hydrogen-bond donors (Lipinski definition) is 2. The van der Waals surface area contributed by atoms with Crippen LogP contribution >= 0.6 is 23.2 Å². The van der Waals surface area contributed by atoms with Crippen LogP contribution in [0.25, 0.3) is 0 Å². The Morgan fingerprint density at radius 2 is 2.11 bits per heavy atom. The summed E-state index contributed by atoms with van der Waals surface area (Å²) in [5, 5.41) is 1.23. The number of halogens is 2. The smallest absolute Gasteiger partial charge is 0.0772 e. The summed E-state index contributed by atoms with van der Waals surface area (Å²) in [5.41, 5.74) is 4.44. The van der Waals surface area contributed by atoms with Gasteiger partial charge in [0.2, 0.25) is 0 Å². The van der Waals surface area contributed by atoms with Crippen molar-refractivity contribution in [1.82, 2.24) is 15.4 Å². The molecule has 0 saturated heterocycles. The Labute approximate surface area is 115 Å². The SMILES string of the molecule is NNC(Cc1ccc(Cl)cc1Cl)c1cnccn1. The van der Waals surface area contributed by atoms with E-state index in [1.165, 1.54) is 0 Å². The van der Waals surface area contributed by atoms with E-state index in [9.17, 15) is 0 Å². The quantitative estimate of drug-likeness (QED) is 0.668. The fourth-order valence-corrected chi connectivity index (χ4v) is 2.13. The molecule has 0 aliphatic rings. The highest BCUT2D eigenvalue weighted by Crippen LogP contribution is 2.25. The summed E-state index contributed by atoms with van der Waals surface area (Å²) < 4.78 is 0. The average Bonchev–Trinajstić information content (AvgIpc) is 2.39. The van der Waals surface area contributed by atoms with Crippen LogP contribution in [0.4, 0.5) is 0 Å². The molecule has 1 unspecified atom stereocenters. The zero-order valence-electron chi connectivity index (χ0n) is 9.48. The molecule has 0 spiro atoms. The summed E-state index contributed by atoms with van der Waals surface area (Å²) in [6, 6.07) is 5.25. The van der Waals surface area contributed by atoms with Gasteiger partial charge in [0.15, 0.2) is 0 Å². The van der Waals surface area contributed by atoms with Crippen molar-refractivity contribution in [3.8, 4) is 0 Å². The second-order valence-electron chi connectivity index (χ2n) is 3.79. The number of nitrogens with two attached hydrogens (primary N) is 1. The van der Waals surface area contributed by atoms with Crippen LogP contribution < -0.4 is 11.3 Å². The summed E-state index contributed by atoms with van der Waals surface area (Å²) in [4.78, 5) is 8.24. The number of hydrazine groups is 1. The van der Waals surface area contributed by atoms with Crippen LogP contribution in [0, 0.1) is 0 Å². The summed E-state index contributed by atoms with van der Waals surface area (Å²) in [6.07, 6.45) is 5.54. The van der Waals surface area contributed by atoms with Gasteiger partial charge < -0.3 is 0 Å². The molecule has 2 aromatic rings. The second-order valence-corrected chi connectivity index (χ2v) is 4.63. The largest absolute Gasteiger partial charge is 0.271 e. The van der Waals surface area contributed by atoms with Crippen LogP contribution in [-0.2, 0) is 6.42 Å². The lowest BCUT2D eigenvalue weighted by Crippen LogP contribution is -2.30. The molecule has 0 radical (unpaired) electrons. The van der Waals surface area contributed by atoms with Gasteiger partial charge in [0, 0.05) is 22.4 Å². The monoisotopic (exact) mass is 282 g/mol. The third-order valence-electron chi connectivity index (χ3n) is 2.58. The molecule has 0 amide bonds. The number of nitrogens with zero attached hydrogens (tertiary/aromatic N) is 2. The van der Waals surface area contributed by atoms with E-state index in [0.29, 0.717) is 16.5 Å². The number of hydrogen-bond acceptors (Lipinski definition) is 4. The standard InChI is InChI=1S/C12H12Cl2N4/c13-9-2-1-8(10(14)6-9)5-11(18-15)12-7-16-3-4-17-12/h1-4,6-7,11,18H,5,15H2. The Morgan fingerprint density at radius 1 is 1.28 bits per heavy atom. The summed E-state index contributed by atoms with van der Waals surface area (Å²) in [7, 11) is 0. The van der Waals surface area contributed by atoms with Crippen LogP contribution in [0.2, 0.25) is 10.0 Å². The fraction of sp³-hybridized carbons (Fsp3) is 0.167. The van der Waals surface area contributed by atoms with Crippen LogP contribution in [-0.4, -0.2) is 9.97 Å². The van der Waals surface area contributed by atoms with E-state index in [0.717, 1.165) is 11.3 Å². The van der Waals surface area contributed by atoms with Crippen LogP contribution in [0.3, 0.4) is 0 Å². The Balaban J connectivity index is 2.21. The van der Waals surface area contributed by atoms with Crippen molar-refractivity contribution in [3.05, 3.63) is 58.1 Å². The number of aromatic nitrogens is 2. The molecule has 94 valence electrons. The average molecular weight is 283 g/mol. The molecule has 1 atom stereocenters. The first-order chi connectivity index (χ1) is 8.70. The van der Waals surface area contributed by atoms with Crippen molar-refractivity contribution in [2.45, 2.75) is 12.5 Å². The maximum Gasteiger partial charge on any atom is 0.0772 e. The highest BCUT2D eigenvalue weighted by molar-refractivity contribution is 6.35. The van der Waals surface area contributed by atoms with Crippen molar-refractivity contribution in [3.63, 3.8) is 0 Å². The van der Waals surface area contributed by atoms with Crippen LogP contribution in [0.5, 0.6) is 0 Å². The predicted octanol–water partition coefficient (Wildman–Crippen LogP) is 2.53. The summed E-state index contributed by atoms with van der Waals surface area (Å²) >= 11 is 12.0. The number of nitrogens with one attached hydrogen (secondary N) is 1. The lowest BCUT2D eigenvalue weighted by molar-refractivity contribution is 0.536. The molecule has 1 aromatic carbocycles. The van der Waals surface area contributed by atoms with E-state index in [2.05, 4.69) is 15.4 Å². The molecular weight excluding hydrogens is 271 g/mol. The van der Waals surface area contributed by atoms with Gasteiger partial charge in [-0.3, -0.25) is 21.2 Å². The van der Waals surface area contributed by atoms with Gasteiger partial charge in [-0.15, -0.1) is 0 Å². The third kappa shape index (κ3) is 3.17. The molecule has 0 bridgehead atoms. The normalized spacial score (nSPS) is 12.4.